The molecule has 2 rings (SSSR count). The van der Waals surface area contributed by atoms with Gasteiger partial charge in [-0.1, -0.05) is 35.0 Å². The molecule has 4 nitrogen and oxygen atoms in total. The normalized spacial score (nSPS) is 24.6. The van der Waals surface area contributed by atoms with Crippen molar-refractivity contribution in [3.8, 4) is 0 Å². The van der Waals surface area contributed by atoms with Crippen molar-refractivity contribution < 1.29 is 9.90 Å². The van der Waals surface area contributed by atoms with Crippen LogP contribution in [0.5, 0.6) is 0 Å². The Hall–Kier alpha value is -0.910. The SMILES string of the molecule is CC(NC(=O)CN1CCC(O)C(C)C1)c1ccc(Br)cc1. The lowest BCUT2D eigenvalue weighted by atomic mass is 9.97. The number of hydrogen-bond acceptors (Lipinski definition) is 3. The van der Waals surface area contributed by atoms with Gasteiger partial charge in [-0.05, 0) is 37.0 Å². The molecule has 21 heavy (non-hydrogen) atoms. The van der Waals surface area contributed by atoms with Crippen molar-refractivity contribution in [1.29, 1.82) is 0 Å². The largest absolute Gasteiger partial charge is 0.393 e. The molecule has 1 saturated heterocycles. The smallest absolute Gasteiger partial charge is 0.234 e. The van der Waals surface area contributed by atoms with Gasteiger partial charge in [0.15, 0.2) is 0 Å². The highest BCUT2D eigenvalue weighted by Crippen LogP contribution is 2.18. The Bertz CT molecular complexity index is 478. The minimum Gasteiger partial charge on any atom is -0.393 e. The first-order chi connectivity index (χ1) is 9.95. The predicted octanol–water partition coefficient (Wildman–Crippen LogP) is 2.33. The molecule has 0 spiro atoms. The van der Waals surface area contributed by atoms with Gasteiger partial charge in [0.05, 0.1) is 18.7 Å². The van der Waals surface area contributed by atoms with Crippen LogP contribution >= 0.6 is 15.9 Å². The first kappa shape index (κ1) is 16.5. The van der Waals surface area contributed by atoms with Crippen molar-refractivity contribution >= 4 is 21.8 Å². The number of benzene rings is 1. The van der Waals surface area contributed by atoms with Crippen molar-refractivity contribution in [3.05, 3.63) is 34.3 Å². The summed E-state index contributed by atoms with van der Waals surface area (Å²) >= 11 is 3.41. The van der Waals surface area contributed by atoms with Crippen LogP contribution in [0.1, 0.15) is 31.9 Å². The Morgan fingerprint density at radius 3 is 2.76 bits per heavy atom. The number of piperidine rings is 1. The number of likely N-dealkylation sites (tertiary alicyclic amines) is 1. The second kappa shape index (κ2) is 7.38. The Kier molecular flexibility index (Phi) is 5.79. The fraction of sp³-hybridized carbons (Fsp3) is 0.562. The van der Waals surface area contributed by atoms with E-state index in [0.29, 0.717) is 6.54 Å². The second-order valence-electron chi connectivity index (χ2n) is 5.91. The zero-order chi connectivity index (χ0) is 15.4. The van der Waals surface area contributed by atoms with Crippen molar-refractivity contribution in [2.45, 2.75) is 32.4 Å². The molecule has 1 aliphatic heterocycles. The van der Waals surface area contributed by atoms with E-state index < -0.39 is 0 Å². The molecule has 3 unspecified atom stereocenters. The van der Waals surface area contributed by atoms with Crippen LogP contribution in [-0.2, 0) is 4.79 Å². The minimum atomic E-state index is -0.231. The maximum Gasteiger partial charge on any atom is 0.234 e. The summed E-state index contributed by atoms with van der Waals surface area (Å²) in [5.74, 6) is 0.268. The highest BCUT2D eigenvalue weighted by molar-refractivity contribution is 9.10. The van der Waals surface area contributed by atoms with Gasteiger partial charge in [0.1, 0.15) is 0 Å². The number of hydrogen-bond donors (Lipinski definition) is 2. The molecule has 2 N–H and O–H groups in total. The van der Waals surface area contributed by atoms with E-state index in [0.717, 1.165) is 29.5 Å². The number of halogens is 1. The van der Waals surface area contributed by atoms with Crippen LogP contribution in [0, 0.1) is 5.92 Å². The Labute approximate surface area is 134 Å². The van der Waals surface area contributed by atoms with Gasteiger partial charge in [0, 0.05) is 17.6 Å². The highest BCUT2D eigenvalue weighted by atomic mass is 79.9. The van der Waals surface area contributed by atoms with E-state index in [4.69, 9.17) is 0 Å². The maximum atomic E-state index is 12.1. The molecular weight excluding hydrogens is 332 g/mol. The zero-order valence-electron chi connectivity index (χ0n) is 12.6. The molecule has 1 aliphatic rings. The third-order valence-electron chi connectivity index (χ3n) is 4.06. The van der Waals surface area contributed by atoms with Gasteiger partial charge in [0.25, 0.3) is 0 Å². The molecule has 0 radical (unpaired) electrons. The summed E-state index contributed by atoms with van der Waals surface area (Å²) in [6, 6.07) is 7.97. The van der Waals surface area contributed by atoms with Gasteiger partial charge in [-0.2, -0.15) is 0 Å². The Morgan fingerprint density at radius 2 is 2.14 bits per heavy atom. The Balaban J connectivity index is 1.82. The van der Waals surface area contributed by atoms with Crippen LogP contribution in [0.25, 0.3) is 0 Å². The average Bonchev–Trinajstić information content (AvgIpc) is 2.43. The lowest BCUT2D eigenvalue weighted by Crippen LogP contribution is -2.46. The van der Waals surface area contributed by atoms with E-state index in [2.05, 4.69) is 26.1 Å². The van der Waals surface area contributed by atoms with Crippen molar-refractivity contribution in [2.24, 2.45) is 5.92 Å². The van der Waals surface area contributed by atoms with E-state index >= 15 is 0 Å². The lowest BCUT2D eigenvalue weighted by molar-refractivity contribution is -0.123. The van der Waals surface area contributed by atoms with Crippen LogP contribution in [0.3, 0.4) is 0 Å². The number of nitrogens with one attached hydrogen (secondary N) is 1. The number of carbonyl (C=O) groups excluding carboxylic acids is 1. The quantitative estimate of drug-likeness (QED) is 0.872. The third kappa shape index (κ3) is 4.80. The monoisotopic (exact) mass is 354 g/mol. The van der Waals surface area contributed by atoms with E-state index in [1.165, 1.54) is 0 Å². The molecule has 1 fully saturated rings. The number of rotatable bonds is 4. The van der Waals surface area contributed by atoms with Gasteiger partial charge in [-0.15, -0.1) is 0 Å². The molecule has 0 bridgehead atoms. The molecular formula is C16H23BrN2O2. The molecule has 5 heteroatoms. The zero-order valence-corrected chi connectivity index (χ0v) is 14.1. The van der Waals surface area contributed by atoms with Gasteiger partial charge in [-0.25, -0.2) is 0 Å². The summed E-state index contributed by atoms with van der Waals surface area (Å²) in [5.41, 5.74) is 1.09. The number of carbonyl (C=O) groups is 1. The summed E-state index contributed by atoms with van der Waals surface area (Å²) < 4.78 is 1.03. The minimum absolute atomic E-state index is 0.00148. The van der Waals surface area contributed by atoms with E-state index in [-0.39, 0.29) is 24.0 Å². The van der Waals surface area contributed by atoms with Crippen LogP contribution in [0.2, 0.25) is 0 Å². The molecule has 1 amide bonds. The van der Waals surface area contributed by atoms with Crippen LogP contribution in [0.4, 0.5) is 0 Å². The van der Waals surface area contributed by atoms with E-state index in [1.807, 2.05) is 38.1 Å². The molecule has 0 aromatic heterocycles. The average molecular weight is 355 g/mol. The van der Waals surface area contributed by atoms with E-state index in [9.17, 15) is 9.90 Å². The van der Waals surface area contributed by atoms with Crippen molar-refractivity contribution in [1.82, 2.24) is 10.2 Å². The summed E-state index contributed by atoms with van der Waals surface area (Å²) in [7, 11) is 0. The van der Waals surface area contributed by atoms with Crippen LogP contribution in [0.15, 0.2) is 28.7 Å². The van der Waals surface area contributed by atoms with Crippen LogP contribution in [-0.4, -0.2) is 41.7 Å². The van der Waals surface area contributed by atoms with E-state index in [1.54, 1.807) is 0 Å². The summed E-state index contributed by atoms with van der Waals surface area (Å²) in [6.07, 6.45) is 0.516. The Morgan fingerprint density at radius 1 is 1.48 bits per heavy atom. The first-order valence-corrected chi connectivity index (χ1v) is 8.20. The summed E-state index contributed by atoms with van der Waals surface area (Å²) in [4.78, 5) is 14.2. The van der Waals surface area contributed by atoms with Crippen molar-refractivity contribution in [2.75, 3.05) is 19.6 Å². The molecule has 1 aromatic carbocycles. The van der Waals surface area contributed by atoms with Gasteiger partial charge in [0.2, 0.25) is 5.91 Å². The number of amides is 1. The molecule has 3 atom stereocenters. The molecule has 116 valence electrons. The fourth-order valence-electron chi connectivity index (χ4n) is 2.69. The lowest BCUT2D eigenvalue weighted by Gasteiger charge is -2.34. The van der Waals surface area contributed by atoms with Crippen molar-refractivity contribution in [3.63, 3.8) is 0 Å². The van der Waals surface area contributed by atoms with Gasteiger partial charge >= 0.3 is 0 Å². The standard InChI is InChI=1S/C16H23BrN2O2/c1-11-9-19(8-7-15(11)20)10-16(21)18-12(2)13-3-5-14(17)6-4-13/h3-6,11-12,15,20H,7-10H2,1-2H3,(H,18,21). The summed E-state index contributed by atoms with van der Waals surface area (Å²) in [6.45, 7) is 5.98. The number of nitrogens with zero attached hydrogens (tertiary/aromatic N) is 1. The molecule has 0 aliphatic carbocycles. The highest BCUT2D eigenvalue weighted by Gasteiger charge is 2.25. The van der Waals surface area contributed by atoms with Gasteiger partial charge < -0.3 is 10.4 Å². The predicted molar refractivity (Wildman–Crippen MR) is 86.9 cm³/mol. The molecule has 1 aromatic rings. The maximum absolute atomic E-state index is 12.1. The van der Waals surface area contributed by atoms with Crippen LogP contribution < -0.4 is 5.32 Å². The van der Waals surface area contributed by atoms with Gasteiger partial charge in [-0.3, -0.25) is 9.69 Å². The molecule has 0 saturated carbocycles. The number of aliphatic hydroxyl groups is 1. The topological polar surface area (TPSA) is 52.6 Å². The second-order valence-corrected chi connectivity index (χ2v) is 6.82. The third-order valence-corrected chi connectivity index (χ3v) is 4.59. The first-order valence-electron chi connectivity index (χ1n) is 7.41. The molecule has 1 heterocycles. The summed E-state index contributed by atoms with van der Waals surface area (Å²) in [5, 5.41) is 12.7. The number of aliphatic hydroxyl groups excluding tert-OH is 1. The fourth-order valence-corrected chi connectivity index (χ4v) is 2.95.